The van der Waals surface area contributed by atoms with Crippen LogP contribution < -0.4 is 5.32 Å². The van der Waals surface area contributed by atoms with Crippen LogP contribution in [0.15, 0.2) is 30.6 Å². The number of nitrogens with zero attached hydrogens (tertiary/aromatic N) is 3. The molecule has 2 saturated carbocycles. The van der Waals surface area contributed by atoms with Crippen LogP contribution in [0.5, 0.6) is 0 Å². The Labute approximate surface area is 150 Å². The average Bonchev–Trinajstić information content (AvgIpc) is 3.45. The molecule has 132 valence electrons. The van der Waals surface area contributed by atoms with E-state index in [0.717, 1.165) is 28.7 Å². The summed E-state index contributed by atoms with van der Waals surface area (Å²) < 4.78 is 0. The molecule has 4 rings (SSSR count). The van der Waals surface area contributed by atoms with Crippen molar-refractivity contribution in [3.8, 4) is 0 Å². The number of nitrogens with one attached hydrogen (secondary N) is 1. The first-order valence-electron chi connectivity index (χ1n) is 9.55. The highest BCUT2D eigenvalue weighted by atomic mass is 15.1. The summed E-state index contributed by atoms with van der Waals surface area (Å²) in [5.74, 6) is 1.78. The Morgan fingerprint density at radius 1 is 1.04 bits per heavy atom. The summed E-state index contributed by atoms with van der Waals surface area (Å²) in [6.07, 6.45) is 13.9. The van der Waals surface area contributed by atoms with E-state index < -0.39 is 0 Å². The molecule has 0 bridgehead atoms. The maximum atomic E-state index is 4.55. The summed E-state index contributed by atoms with van der Waals surface area (Å²) in [6.45, 7) is 0. The lowest BCUT2D eigenvalue weighted by Gasteiger charge is -2.33. The number of hydrogen-bond donors (Lipinski definition) is 1. The van der Waals surface area contributed by atoms with Gasteiger partial charge in [-0.05, 0) is 76.2 Å². The normalized spacial score (nSPS) is 24.3. The molecule has 4 nitrogen and oxygen atoms in total. The van der Waals surface area contributed by atoms with Crippen molar-refractivity contribution in [3.05, 3.63) is 36.2 Å². The van der Waals surface area contributed by atoms with Gasteiger partial charge in [-0.3, -0.25) is 0 Å². The largest absolute Gasteiger partial charge is 0.367 e. The van der Waals surface area contributed by atoms with E-state index in [-0.39, 0.29) is 0 Å². The summed E-state index contributed by atoms with van der Waals surface area (Å²) in [5, 5.41) is 4.83. The Morgan fingerprint density at radius 3 is 2.56 bits per heavy atom. The van der Waals surface area contributed by atoms with E-state index in [1.54, 1.807) is 6.33 Å². The Hall–Kier alpha value is -1.94. The lowest BCUT2D eigenvalue weighted by atomic mass is 9.90. The third kappa shape index (κ3) is 4.01. The first kappa shape index (κ1) is 16.5. The minimum Gasteiger partial charge on any atom is -0.367 e. The van der Waals surface area contributed by atoms with Gasteiger partial charge in [0.15, 0.2) is 0 Å². The van der Waals surface area contributed by atoms with E-state index >= 15 is 0 Å². The highest BCUT2D eigenvalue weighted by molar-refractivity contribution is 5.90. The van der Waals surface area contributed by atoms with Crippen molar-refractivity contribution in [2.24, 2.45) is 5.92 Å². The van der Waals surface area contributed by atoms with E-state index in [0.29, 0.717) is 6.04 Å². The van der Waals surface area contributed by atoms with Crippen molar-refractivity contribution < 1.29 is 0 Å². The van der Waals surface area contributed by atoms with Crippen molar-refractivity contribution in [3.63, 3.8) is 0 Å². The molecule has 25 heavy (non-hydrogen) atoms. The van der Waals surface area contributed by atoms with Crippen LogP contribution >= 0.6 is 0 Å². The Kier molecular flexibility index (Phi) is 4.71. The second kappa shape index (κ2) is 7.12. The number of benzene rings is 1. The monoisotopic (exact) mass is 336 g/mol. The highest BCUT2D eigenvalue weighted by Gasteiger charge is 2.23. The highest BCUT2D eigenvalue weighted by Crippen LogP contribution is 2.31. The topological polar surface area (TPSA) is 41.0 Å². The summed E-state index contributed by atoms with van der Waals surface area (Å²) in [5.41, 5.74) is 2.26. The predicted octanol–water partition coefficient (Wildman–Crippen LogP) is 4.34. The smallest absolute Gasteiger partial charge is 0.137 e. The Balaban J connectivity index is 1.51. The molecular formula is C21H28N4. The molecule has 0 aliphatic heterocycles. The van der Waals surface area contributed by atoms with Gasteiger partial charge in [-0.1, -0.05) is 18.2 Å². The standard InChI is InChI=1S/C21H28N4/c1-25(2)18-10-8-17(9-11-18)24-21-19-13-16(6-5-15-3-4-15)7-12-20(19)22-14-23-21/h5-7,12-15,17-18H,3-4,8-11H2,1-2H3,(H,22,23,24). The number of aromatic nitrogens is 2. The third-order valence-electron chi connectivity index (χ3n) is 5.61. The lowest BCUT2D eigenvalue weighted by Crippen LogP contribution is -2.36. The van der Waals surface area contributed by atoms with Gasteiger partial charge in [-0.2, -0.15) is 0 Å². The quantitative estimate of drug-likeness (QED) is 0.882. The molecule has 2 aliphatic rings. The van der Waals surface area contributed by atoms with Gasteiger partial charge in [0, 0.05) is 17.5 Å². The average molecular weight is 336 g/mol. The summed E-state index contributed by atoms with van der Waals surface area (Å²) in [7, 11) is 4.38. The SMILES string of the molecule is CN(C)C1CCC(Nc2ncnc3ccc(C=CC4CC4)cc23)CC1. The van der Waals surface area contributed by atoms with Crippen LogP contribution in [0.25, 0.3) is 17.0 Å². The Bertz CT molecular complexity index is 756. The fraction of sp³-hybridized carbons (Fsp3) is 0.524. The third-order valence-corrected chi connectivity index (χ3v) is 5.61. The van der Waals surface area contributed by atoms with Crippen LogP contribution in [-0.2, 0) is 0 Å². The number of fused-ring (bicyclic) bond motifs is 1. The van der Waals surface area contributed by atoms with Crippen molar-refractivity contribution in [2.75, 3.05) is 19.4 Å². The maximum absolute atomic E-state index is 4.55. The van der Waals surface area contributed by atoms with Crippen LogP contribution in [0.3, 0.4) is 0 Å². The van der Waals surface area contributed by atoms with Crippen molar-refractivity contribution in [2.45, 2.75) is 50.6 Å². The van der Waals surface area contributed by atoms with Crippen molar-refractivity contribution >= 4 is 22.8 Å². The molecule has 4 heteroatoms. The fourth-order valence-corrected chi connectivity index (χ4v) is 3.76. The zero-order valence-electron chi connectivity index (χ0n) is 15.3. The van der Waals surface area contributed by atoms with Crippen LogP contribution in [0, 0.1) is 5.92 Å². The van der Waals surface area contributed by atoms with Crippen LogP contribution in [0.4, 0.5) is 5.82 Å². The van der Waals surface area contributed by atoms with Gasteiger partial charge in [0.25, 0.3) is 0 Å². The molecule has 0 unspecified atom stereocenters. The molecule has 2 aromatic rings. The Morgan fingerprint density at radius 2 is 1.84 bits per heavy atom. The number of hydrogen-bond acceptors (Lipinski definition) is 4. The van der Waals surface area contributed by atoms with Crippen LogP contribution in [-0.4, -0.2) is 41.0 Å². The molecule has 0 radical (unpaired) electrons. The molecular weight excluding hydrogens is 308 g/mol. The molecule has 0 saturated heterocycles. The van der Waals surface area contributed by atoms with Gasteiger partial charge in [-0.15, -0.1) is 0 Å². The first-order chi connectivity index (χ1) is 12.2. The van der Waals surface area contributed by atoms with Gasteiger partial charge in [0.05, 0.1) is 5.52 Å². The van der Waals surface area contributed by atoms with Crippen molar-refractivity contribution in [1.82, 2.24) is 14.9 Å². The van der Waals surface area contributed by atoms with E-state index in [1.165, 1.54) is 44.1 Å². The summed E-state index contributed by atoms with van der Waals surface area (Å²) >= 11 is 0. The van der Waals surface area contributed by atoms with Crippen molar-refractivity contribution in [1.29, 1.82) is 0 Å². The van der Waals surface area contributed by atoms with E-state index in [2.05, 4.69) is 64.6 Å². The molecule has 0 amide bonds. The second-order valence-electron chi connectivity index (χ2n) is 7.81. The molecule has 2 fully saturated rings. The lowest BCUT2D eigenvalue weighted by molar-refractivity contribution is 0.221. The predicted molar refractivity (Wildman–Crippen MR) is 105 cm³/mol. The number of anilines is 1. The molecule has 0 atom stereocenters. The van der Waals surface area contributed by atoms with Gasteiger partial charge in [0.1, 0.15) is 12.1 Å². The fourth-order valence-electron chi connectivity index (χ4n) is 3.76. The van der Waals surface area contributed by atoms with E-state index in [1.807, 2.05) is 0 Å². The van der Waals surface area contributed by atoms with Crippen LogP contribution in [0.1, 0.15) is 44.1 Å². The van der Waals surface area contributed by atoms with Crippen LogP contribution in [0.2, 0.25) is 0 Å². The molecule has 0 spiro atoms. The van der Waals surface area contributed by atoms with Gasteiger partial charge in [-0.25, -0.2) is 9.97 Å². The van der Waals surface area contributed by atoms with E-state index in [9.17, 15) is 0 Å². The minimum atomic E-state index is 0.514. The maximum Gasteiger partial charge on any atom is 0.137 e. The number of rotatable bonds is 5. The van der Waals surface area contributed by atoms with E-state index in [4.69, 9.17) is 0 Å². The van der Waals surface area contributed by atoms with Gasteiger partial charge < -0.3 is 10.2 Å². The molecule has 1 aromatic carbocycles. The minimum absolute atomic E-state index is 0.514. The zero-order chi connectivity index (χ0) is 17.2. The number of allylic oxidation sites excluding steroid dienone is 1. The second-order valence-corrected chi connectivity index (χ2v) is 7.81. The molecule has 1 aromatic heterocycles. The molecule has 1 N–H and O–H groups in total. The zero-order valence-corrected chi connectivity index (χ0v) is 15.3. The molecule has 2 aliphatic carbocycles. The van der Waals surface area contributed by atoms with Gasteiger partial charge in [0.2, 0.25) is 0 Å². The molecule has 1 heterocycles. The first-order valence-corrected chi connectivity index (χ1v) is 9.55. The summed E-state index contributed by atoms with van der Waals surface area (Å²) in [4.78, 5) is 11.3. The van der Waals surface area contributed by atoms with Gasteiger partial charge >= 0.3 is 0 Å². The summed E-state index contributed by atoms with van der Waals surface area (Å²) in [6, 6.07) is 7.72.